The molecule has 2 fully saturated rings. The Kier molecular flexibility index (Phi) is 3.59. The van der Waals surface area contributed by atoms with E-state index in [4.69, 9.17) is 0 Å². The van der Waals surface area contributed by atoms with E-state index in [2.05, 4.69) is 22.6 Å². The highest BCUT2D eigenvalue weighted by molar-refractivity contribution is 5.76. The van der Waals surface area contributed by atoms with Crippen LogP contribution in [-0.2, 0) is 4.79 Å². The van der Waals surface area contributed by atoms with Crippen molar-refractivity contribution in [3.05, 3.63) is 0 Å². The monoisotopic (exact) mass is 211 g/mol. The molecular weight excluding hydrogens is 190 g/mol. The van der Waals surface area contributed by atoms with Crippen molar-refractivity contribution in [2.24, 2.45) is 0 Å². The van der Waals surface area contributed by atoms with Gasteiger partial charge in [-0.3, -0.25) is 4.79 Å². The van der Waals surface area contributed by atoms with Gasteiger partial charge in [-0.1, -0.05) is 0 Å². The molecule has 2 aliphatic rings. The molecule has 0 aromatic rings. The van der Waals surface area contributed by atoms with Gasteiger partial charge in [0, 0.05) is 31.6 Å². The van der Waals surface area contributed by atoms with Crippen LogP contribution >= 0.6 is 0 Å². The summed E-state index contributed by atoms with van der Waals surface area (Å²) in [7, 11) is 2.10. The zero-order valence-electron chi connectivity index (χ0n) is 9.46. The molecule has 4 heteroatoms. The van der Waals surface area contributed by atoms with Gasteiger partial charge >= 0.3 is 0 Å². The summed E-state index contributed by atoms with van der Waals surface area (Å²) in [6, 6.07) is 1.08. The zero-order valence-corrected chi connectivity index (χ0v) is 9.46. The van der Waals surface area contributed by atoms with Crippen LogP contribution in [0, 0.1) is 0 Å². The van der Waals surface area contributed by atoms with E-state index in [0.717, 1.165) is 26.1 Å². The lowest BCUT2D eigenvalue weighted by Crippen LogP contribution is -2.37. The van der Waals surface area contributed by atoms with Gasteiger partial charge < -0.3 is 15.5 Å². The zero-order chi connectivity index (χ0) is 10.7. The summed E-state index contributed by atoms with van der Waals surface area (Å²) in [4.78, 5) is 13.8. The van der Waals surface area contributed by atoms with Crippen molar-refractivity contribution in [3.8, 4) is 0 Å². The summed E-state index contributed by atoms with van der Waals surface area (Å²) < 4.78 is 0. The topological polar surface area (TPSA) is 44.4 Å². The maximum atomic E-state index is 11.5. The van der Waals surface area contributed by atoms with Crippen molar-refractivity contribution in [2.45, 2.75) is 37.8 Å². The van der Waals surface area contributed by atoms with Crippen molar-refractivity contribution in [2.75, 3.05) is 26.7 Å². The fourth-order valence-corrected chi connectivity index (χ4v) is 2.03. The van der Waals surface area contributed by atoms with Crippen LogP contribution in [0.15, 0.2) is 0 Å². The van der Waals surface area contributed by atoms with Gasteiger partial charge in [0.15, 0.2) is 0 Å². The first-order chi connectivity index (χ1) is 7.24. The third-order valence-corrected chi connectivity index (χ3v) is 3.12. The molecule has 1 saturated carbocycles. The average molecular weight is 211 g/mol. The lowest BCUT2D eigenvalue weighted by Gasteiger charge is -2.12. The highest BCUT2D eigenvalue weighted by Gasteiger charge is 2.22. The molecule has 2 N–H and O–H groups in total. The van der Waals surface area contributed by atoms with Crippen LogP contribution in [0.3, 0.4) is 0 Å². The van der Waals surface area contributed by atoms with E-state index in [1.807, 2.05) is 0 Å². The summed E-state index contributed by atoms with van der Waals surface area (Å²) in [5.74, 6) is 0.198. The summed E-state index contributed by atoms with van der Waals surface area (Å²) in [6.07, 6.45) is 4.29. The van der Waals surface area contributed by atoms with Crippen LogP contribution in [-0.4, -0.2) is 49.6 Å². The predicted octanol–water partition coefficient (Wildman–Crippen LogP) is -0.0512. The van der Waals surface area contributed by atoms with Crippen molar-refractivity contribution >= 4 is 5.91 Å². The van der Waals surface area contributed by atoms with E-state index in [1.165, 1.54) is 12.8 Å². The van der Waals surface area contributed by atoms with Gasteiger partial charge in [-0.05, 0) is 32.9 Å². The fraction of sp³-hybridized carbons (Fsp3) is 0.909. The van der Waals surface area contributed by atoms with Crippen LogP contribution in [0.1, 0.15) is 25.7 Å². The minimum atomic E-state index is 0.198. The first-order valence-corrected chi connectivity index (χ1v) is 5.95. The van der Waals surface area contributed by atoms with Gasteiger partial charge in [0.1, 0.15) is 0 Å². The second kappa shape index (κ2) is 4.94. The number of amides is 1. The molecule has 15 heavy (non-hydrogen) atoms. The normalized spacial score (nSPS) is 26.9. The first-order valence-electron chi connectivity index (χ1n) is 5.95. The Balaban J connectivity index is 1.55. The molecule has 1 unspecified atom stereocenters. The second-order valence-electron chi connectivity index (χ2n) is 4.79. The van der Waals surface area contributed by atoms with Gasteiger partial charge in [0.25, 0.3) is 0 Å². The Morgan fingerprint density at radius 2 is 2.13 bits per heavy atom. The standard InChI is InChI=1S/C11H21N3O/c1-14-7-5-10(8-14)13-11(15)4-6-12-9-2-3-9/h9-10,12H,2-8H2,1H3,(H,13,15). The third-order valence-electron chi connectivity index (χ3n) is 3.12. The van der Waals surface area contributed by atoms with Crippen molar-refractivity contribution in [1.29, 1.82) is 0 Å². The molecule has 0 radical (unpaired) electrons. The number of nitrogens with one attached hydrogen (secondary N) is 2. The average Bonchev–Trinajstić information content (AvgIpc) is 2.91. The summed E-state index contributed by atoms with van der Waals surface area (Å²) >= 11 is 0. The predicted molar refractivity (Wildman–Crippen MR) is 59.7 cm³/mol. The maximum Gasteiger partial charge on any atom is 0.221 e. The van der Waals surface area contributed by atoms with Crippen molar-refractivity contribution in [3.63, 3.8) is 0 Å². The Morgan fingerprint density at radius 3 is 2.73 bits per heavy atom. The van der Waals surface area contributed by atoms with E-state index in [9.17, 15) is 4.79 Å². The van der Waals surface area contributed by atoms with Crippen LogP contribution in [0.2, 0.25) is 0 Å². The highest BCUT2D eigenvalue weighted by Crippen LogP contribution is 2.18. The van der Waals surface area contributed by atoms with E-state index in [1.54, 1.807) is 0 Å². The first kappa shape index (κ1) is 10.9. The van der Waals surface area contributed by atoms with Crippen LogP contribution < -0.4 is 10.6 Å². The lowest BCUT2D eigenvalue weighted by atomic mass is 10.2. The number of carbonyl (C=O) groups is 1. The molecule has 1 aliphatic heterocycles. The maximum absolute atomic E-state index is 11.5. The number of rotatable bonds is 5. The van der Waals surface area contributed by atoms with Gasteiger partial charge in [0.05, 0.1) is 0 Å². The molecule has 1 amide bonds. The number of carbonyl (C=O) groups excluding carboxylic acids is 1. The van der Waals surface area contributed by atoms with Crippen LogP contribution in [0.4, 0.5) is 0 Å². The Hall–Kier alpha value is -0.610. The number of likely N-dealkylation sites (tertiary alicyclic amines) is 1. The number of hydrogen-bond acceptors (Lipinski definition) is 3. The van der Waals surface area contributed by atoms with Crippen LogP contribution in [0.5, 0.6) is 0 Å². The van der Waals surface area contributed by atoms with Crippen molar-refractivity contribution < 1.29 is 4.79 Å². The highest BCUT2D eigenvalue weighted by atomic mass is 16.1. The molecule has 2 rings (SSSR count). The second-order valence-corrected chi connectivity index (χ2v) is 4.79. The van der Waals surface area contributed by atoms with E-state index < -0.39 is 0 Å². The van der Waals surface area contributed by atoms with Crippen LogP contribution in [0.25, 0.3) is 0 Å². The largest absolute Gasteiger partial charge is 0.352 e. The Labute approximate surface area is 91.4 Å². The molecule has 0 aromatic carbocycles. The molecule has 86 valence electrons. The van der Waals surface area contributed by atoms with Gasteiger partial charge in [-0.25, -0.2) is 0 Å². The molecule has 0 bridgehead atoms. The molecule has 4 nitrogen and oxygen atoms in total. The quantitative estimate of drug-likeness (QED) is 0.670. The summed E-state index contributed by atoms with van der Waals surface area (Å²) in [5, 5.41) is 6.43. The SMILES string of the molecule is CN1CCC(NC(=O)CCNC2CC2)C1. The minimum absolute atomic E-state index is 0.198. The Bertz CT molecular complexity index is 228. The lowest BCUT2D eigenvalue weighted by molar-refractivity contribution is -0.121. The third kappa shape index (κ3) is 3.80. The molecular formula is C11H21N3O. The van der Waals surface area contributed by atoms with Gasteiger partial charge in [-0.2, -0.15) is 0 Å². The van der Waals surface area contributed by atoms with Crippen molar-refractivity contribution in [1.82, 2.24) is 15.5 Å². The molecule has 1 atom stereocenters. The minimum Gasteiger partial charge on any atom is -0.352 e. The van der Waals surface area contributed by atoms with E-state index in [0.29, 0.717) is 18.5 Å². The smallest absolute Gasteiger partial charge is 0.221 e. The van der Waals surface area contributed by atoms with Gasteiger partial charge in [0.2, 0.25) is 5.91 Å². The molecule has 1 heterocycles. The number of hydrogen-bond donors (Lipinski definition) is 2. The van der Waals surface area contributed by atoms with Gasteiger partial charge in [-0.15, -0.1) is 0 Å². The summed E-state index contributed by atoms with van der Waals surface area (Å²) in [5.41, 5.74) is 0. The molecule has 1 saturated heterocycles. The number of nitrogens with zero attached hydrogens (tertiary/aromatic N) is 1. The fourth-order valence-electron chi connectivity index (χ4n) is 2.03. The molecule has 0 aromatic heterocycles. The number of likely N-dealkylation sites (N-methyl/N-ethyl adjacent to an activating group) is 1. The van der Waals surface area contributed by atoms with E-state index >= 15 is 0 Å². The van der Waals surface area contributed by atoms with E-state index in [-0.39, 0.29) is 5.91 Å². The summed E-state index contributed by atoms with van der Waals surface area (Å²) in [6.45, 7) is 2.94. The Morgan fingerprint density at radius 1 is 1.33 bits per heavy atom. The molecule has 0 spiro atoms. The molecule has 1 aliphatic carbocycles.